The van der Waals surface area contributed by atoms with Gasteiger partial charge in [-0.05, 0) is 12.1 Å². The number of para-hydroxylation sites is 2. The van der Waals surface area contributed by atoms with Crippen molar-refractivity contribution in [2.45, 2.75) is 0 Å². The first-order valence-electron chi connectivity index (χ1n) is 6.42. The normalized spacial score (nSPS) is 10.1. The quantitative estimate of drug-likeness (QED) is 0.440. The number of ether oxygens (including phenoxy) is 2. The summed E-state index contributed by atoms with van der Waals surface area (Å²) in [7, 11) is 0. The number of hydrogen-bond donors (Lipinski definition) is 0. The third-order valence-corrected chi connectivity index (χ3v) is 2.78. The maximum Gasteiger partial charge on any atom is 0.311 e. The van der Waals surface area contributed by atoms with Crippen LogP contribution in [-0.4, -0.2) is 23.1 Å². The van der Waals surface area contributed by atoms with Gasteiger partial charge >= 0.3 is 11.4 Å². The van der Waals surface area contributed by atoms with E-state index >= 15 is 0 Å². The van der Waals surface area contributed by atoms with Crippen molar-refractivity contribution in [3.63, 3.8) is 0 Å². The van der Waals surface area contributed by atoms with Crippen LogP contribution in [0.25, 0.3) is 0 Å². The van der Waals surface area contributed by atoms with Crippen LogP contribution in [0.15, 0.2) is 42.5 Å². The van der Waals surface area contributed by atoms with Crippen LogP contribution in [0, 0.1) is 26.0 Å². The van der Waals surface area contributed by atoms with Crippen molar-refractivity contribution in [1.82, 2.24) is 0 Å². The van der Waals surface area contributed by atoms with E-state index in [2.05, 4.69) is 0 Å². The van der Waals surface area contributed by atoms with Gasteiger partial charge in [0.1, 0.15) is 19.0 Å². The maximum absolute atomic E-state index is 13.1. The Morgan fingerprint density at radius 3 is 2.09 bits per heavy atom. The van der Waals surface area contributed by atoms with Crippen molar-refractivity contribution in [2.24, 2.45) is 0 Å². The number of nitro groups is 2. The van der Waals surface area contributed by atoms with Crippen LogP contribution < -0.4 is 9.47 Å². The molecular formula is C14H11FN2O6. The Labute approximate surface area is 129 Å². The summed E-state index contributed by atoms with van der Waals surface area (Å²) < 4.78 is 23.5. The summed E-state index contributed by atoms with van der Waals surface area (Å²) in [5.41, 5.74) is -0.582. The average molecular weight is 322 g/mol. The smallest absolute Gasteiger partial charge is 0.311 e. The largest absolute Gasteiger partial charge is 0.483 e. The van der Waals surface area contributed by atoms with Crippen LogP contribution in [0.5, 0.6) is 11.5 Å². The van der Waals surface area contributed by atoms with Crippen molar-refractivity contribution in [3.05, 3.63) is 68.5 Å². The van der Waals surface area contributed by atoms with Crippen molar-refractivity contribution >= 4 is 11.4 Å². The van der Waals surface area contributed by atoms with Gasteiger partial charge in [0, 0.05) is 18.2 Å². The number of hydrogen-bond acceptors (Lipinski definition) is 6. The highest BCUT2D eigenvalue weighted by Gasteiger charge is 2.17. The molecule has 0 saturated carbocycles. The first-order valence-corrected chi connectivity index (χ1v) is 6.42. The zero-order valence-corrected chi connectivity index (χ0v) is 11.7. The minimum absolute atomic E-state index is 0.0508. The van der Waals surface area contributed by atoms with E-state index in [0.29, 0.717) is 0 Å². The molecule has 0 spiro atoms. The molecule has 0 saturated heterocycles. The number of nitrogens with zero attached hydrogens (tertiary/aromatic N) is 2. The molecule has 120 valence electrons. The van der Waals surface area contributed by atoms with E-state index < -0.39 is 15.7 Å². The molecule has 0 bridgehead atoms. The lowest BCUT2D eigenvalue weighted by Crippen LogP contribution is -2.10. The lowest BCUT2D eigenvalue weighted by molar-refractivity contribution is -0.386. The van der Waals surface area contributed by atoms with Gasteiger partial charge in [0.15, 0.2) is 11.5 Å². The fourth-order valence-corrected chi connectivity index (χ4v) is 1.79. The van der Waals surface area contributed by atoms with Gasteiger partial charge in [0.25, 0.3) is 0 Å². The van der Waals surface area contributed by atoms with Gasteiger partial charge in [0.05, 0.1) is 9.85 Å². The Bertz CT molecular complexity index is 737. The molecule has 23 heavy (non-hydrogen) atoms. The zero-order valence-electron chi connectivity index (χ0n) is 11.7. The summed E-state index contributed by atoms with van der Waals surface area (Å²) in [6.45, 7) is -0.241. The van der Waals surface area contributed by atoms with Crippen LogP contribution in [-0.2, 0) is 0 Å². The Morgan fingerprint density at radius 2 is 1.43 bits per heavy atom. The van der Waals surface area contributed by atoms with Crippen molar-refractivity contribution in [1.29, 1.82) is 0 Å². The minimum atomic E-state index is -0.697. The molecule has 0 aliphatic heterocycles. The van der Waals surface area contributed by atoms with Gasteiger partial charge in [-0.15, -0.1) is 0 Å². The summed E-state index contributed by atoms with van der Waals surface area (Å²) in [5.74, 6) is -0.860. The van der Waals surface area contributed by atoms with Gasteiger partial charge in [0.2, 0.25) is 0 Å². The Balaban J connectivity index is 1.98. The molecule has 0 aliphatic rings. The highest BCUT2D eigenvalue weighted by Crippen LogP contribution is 2.28. The Morgan fingerprint density at radius 1 is 0.870 bits per heavy atom. The number of halogens is 1. The second-order valence-corrected chi connectivity index (χ2v) is 4.29. The third-order valence-electron chi connectivity index (χ3n) is 2.78. The number of nitro benzene ring substituents is 2. The summed E-state index contributed by atoms with van der Waals surface area (Å²) in [5, 5.41) is 21.6. The molecule has 0 fully saturated rings. The lowest BCUT2D eigenvalue weighted by atomic mass is 10.3. The first-order chi connectivity index (χ1) is 11.0. The van der Waals surface area contributed by atoms with E-state index in [4.69, 9.17) is 9.47 Å². The van der Waals surface area contributed by atoms with E-state index in [9.17, 15) is 24.6 Å². The van der Waals surface area contributed by atoms with Gasteiger partial charge in [-0.25, -0.2) is 4.39 Å². The zero-order chi connectivity index (χ0) is 16.8. The second kappa shape index (κ2) is 7.16. The predicted molar refractivity (Wildman–Crippen MR) is 77.1 cm³/mol. The fourth-order valence-electron chi connectivity index (χ4n) is 1.79. The van der Waals surface area contributed by atoms with Gasteiger partial charge < -0.3 is 9.47 Å². The molecule has 0 unspecified atom stereocenters. The molecule has 0 heterocycles. The fraction of sp³-hybridized carbons (Fsp3) is 0.143. The van der Waals surface area contributed by atoms with Crippen LogP contribution in [0.2, 0.25) is 0 Å². The predicted octanol–water partition coefficient (Wildman–Crippen LogP) is 3.10. The summed E-state index contributed by atoms with van der Waals surface area (Å²) in [6.07, 6.45) is 0. The van der Waals surface area contributed by atoms with Crippen molar-refractivity contribution < 1.29 is 23.7 Å². The molecule has 8 nitrogen and oxygen atoms in total. The van der Waals surface area contributed by atoms with Gasteiger partial charge in [-0.3, -0.25) is 20.2 Å². The van der Waals surface area contributed by atoms with E-state index in [1.165, 1.54) is 18.2 Å². The monoisotopic (exact) mass is 322 g/mol. The standard InChI is InChI=1S/C14H11FN2O6/c15-10-5-6-12(17(20)21)14(9-10)23-8-7-22-13-4-2-1-3-11(13)16(18)19/h1-6,9H,7-8H2. The van der Waals surface area contributed by atoms with E-state index in [1.807, 2.05) is 0 Å². The molecule has 2 aromatic carbocycles. The molecule has 2 rings (SSSR count). The van der Waals surface area contributed by atoms with Gasteiger partial charge in [-0.2, -0.15) is 0 Å². The Kier molecular flexibility index (Phi) is 5.03. The number of benzene rings is 2. The van der Waals surface area contributed by atoms with Crippen molar-refractivity contribution in [3.8, 4) is 11.5 Å². The molecule has 0 amide bonds. The molecular weight excluding hydrogens is 311 g/mol. The van der Waals surface area contributed by atoms with Crippen LogP contribution in [0.4, 0.5) is 15.8 Å². The van der Waals surface area contributed by atoms with Crippen LogP contribution in [0.3, 0.4) is 0 Å². The second-order valence-electron chi connectivity index (χ2n) is 4.29. The number of rotatable bonds is 7. The molecule has 0 aliphatic carbocycles. The lowest BCUT2D eigenvalue weighted by Gasteiger charge is -2.09. The maximum atomic E-state index is 13.1. The molecule has 0 radical (unpaired) electrons. The Hall–Kier alpha value is -3.23. The van der Waals surface area contributed by atoms with E-state index in [1.54, 1.807) is 6.07 Å². The van der Waals surface area contributed by atoms with E-state index in [0.717, 1.165) is 18.2 Å². The SMILES string of the molecule is O=[N+]([O-])c1ccccc1OCCOc1cc(F)ccc1[N+](=O)[O-]. The molecule has 0 aromatic heterocycles. The van der Waals surface area contributed by atoms with Gasteiger partial charge in [-0.1, -0.05) is 12.1 Å². The molecule has 9 heteroatoms. The van der Waals surface area contributed by atoms with Crippen LogP contribution in [0.1, 0.15) is 0 Å². The summed E-state index contributed by atoms with van der Waals surface area (Å²) in [6, 6.07) is 8.61. The highest BCUT2D eigenvalue weighted by molar-refractivity contribution is 5.46. The van der Waals surface area contributed by atoms with Crippen molar-refractivity contribution in [2.75, 3.05) is 13.2 Å². The first kappa shape index (κ1) is 16.1. The summed E-state index contributed by atoms with van der Waals surface area (Å²) >= 11 is 0. The molecule has 0 atom stereocenters. The third kappa shape index (κ3) is 4.13. The average Bonchev–Trinajstić information content (AvgIpc) is 2.51. The van der Waals surface area contributed by atoms with Crippen LogP contribution >= 0.6 is 0 Å². The minimum Gasteiger partial charge on any atom is -0.483 e. The molecule has 2 aromatic rings. The summed E-state index contributed by atoms with van der Waals surface area (Å²) in [4.78, 5) is 20.3. The van der Waals surface area contributed by atoms with E-state index in [-0.39, 0.29) is 36.1 Å². The molecule has 0 N–H and O–H groups in total. The topological polar surface area (TPSA) is 105 Å². The highest BCUT2D eigenvalue weighted by atomic mass is 19.1.